The molecule has 0 aromatic rings. The first kappa shape index (κ1) is 20.8. The number of amides is 1. The molecule has 0 radical (unpaired) electrons. The number of thioether (sulfide) groups is 1. The molecule has 5 atom stereocenters. The number of piperidine rings is 1. The number of hydrogen-bond donors (Lipinski definition) is 3. The Morgan fingerprint density at radius 3 is 2.79 bits per heavy atom. The van der Waals surface area contributed by atoms with Crippen LogP contribution in [0, 0.1) is 11.8 Å². The summed E-state index contributed by atoms with van der Waals surface area (Å²) in [5.74, 6) is -0.739. The van der Waals surface area contributed by atoms with Crippen LogP contribution in [0.3, 0.4) is 0 Å². The van der Waals surface area contributed by atoms with Crippen molar-refractivity contribution in [3.63, 3.8) is 0 Å². The van der Waals surface area contributed by atoms with E-state index in [1.165, 1.54) is 25.7 Å². The minimum absolute atomic E-state index is 0.00622. The number of alkyl halides is 2. The number of fused-ring (bicyclic) bond motifs is 1. The summed E-state index contributed by atoms with van der Waals surface area (Å²) in [5, 5.41) is 7.09. The summed E-state index contributed by atoms with van der Waals surface area (Å²) in [4.78, 5) is 15.1. The number of halogens is 2. The number of nitrogens with zero attached hydrogens (tertiary/aromatic N) is 1. The molecule has 2 aliphatic carbocycles. The van der Waals surface area contributed by atoms with Gasteiger partial charge in [0.15, 0.2) is 0 Å². The molecule has 28 heavy (non-hydrogen) atoms. The van der Waals surface area contributed by atoms with Gasteiger partial charge in [0.05, 0.1) is 6.04 Å². The molecule has 0 bridgehead atoms. The van der Waals surface area contributed by atoms with E-state index in [0.717, 1.165) is 19.4 Å². The summed E-state index contributed by atoms with van der Waals surface area (Å²) < 4.78 is 25.8. The van der Waals surface area contributed by atoms with Gasteiger partial charge in [0.1, 0.15) is 0 Å². The number of carbonyl (C=O) groups excluding carboxylic acids is 1. The molecule has 0 spiro atoms. The lowest BCUT2D eigenvalue weighted by molar-refractivity contribution is -0.134. The standard InChI is InChI=1S/C20H34F2N4OS/c21-20(22)8-13(9-20)10-24-12-28-18-11-26(6-5-15(18)23)19(27)17-7-14-3-1-2-4-16(14)25-17/h13-18,24-25H,1-12,23H2. The van der Waals surface area contributed by atoms with Crippen molar-refractivity contribution in [2.45, 2.75) is 80.7 Å². The van der Waals surface area contributed by atoms with Gasteiger partial charge < -0.3 is 21.3 Å². The lowest BCUT2D eigenvalue weighted by Crippen LogP contribution is -2.55. The number of hydrogen-bond acceptors (Lipinski definition) is 5. The van der Waals surface area contributed by atoms with Crippen LogP contribution in [0.2, 0.25) is 0 Å². The Hall–Kier alpha value is -0.440. The third-order valence-corrected chi connectivity index (χ3v) is 8.39. The van der Waals surface area contributed by atoms with Gasteiger partial charge in [-0.1, -0.05) is 12.8 Å². The summed E-state index contributed by atoms with van der Waals surface area (Å²) >= 11 is 1.73. The number of carbonyl (C=O) groups is 1. The largest absolute Gasteiger partial charge is 0.340 e. The van der Waals surface area contributed by atoms with Crippen LogP contribution in [-0.4, -0.2) is 65.6 Å². The molecule has 8 heteroatoms. The Balaban J connectivity index is 1.20. The van der Waals surface area contributed by atoms with Crippen LogP contribution in [0.5, 0.6) is 0 Å². The Bertz CT molecular complexity index is 544. The Labute approximate surface area is 170 Å². The van der Waals surface area contributed by atoms with E-state index in [-0.39, 0.29) is 42.0 Å². The van der Waals surface area contributed by atoms with Crippen molar-refractivity contribution in [3.8, 4) is 0 Å². The molecule has 4 rings (SSSR count). The maximum absolute atomic E-state index is 13.0. The van der Waals surface area contributed by atoms with E-state index in [4.69, 9.17) is 5.73 Å². The van der Waals surface area contributed by atoms with Gasteiger partial charge in [0, 0.05) is 49.1 Å². The molecule has 5 unspecified atom stereocenters. The summed E-state index contributed by atoms with van der Waals surface area (Å²) in [7, 11) is 0. The summed E-state index contributed by atoms with van der Waals surface area (Å²) in [6.45, 7) is 2.08. The Morgan fingerprint density at radius 2 is 2.04 bits per heavy atom. The Morgan fingerprint density at radius 1 is 1.25 bits per heavy atom. The highest BCUT2D eigenvalue weighted by molar-refractivity contribution is 7.99. The van der Waals surface area contributed by atoms with Crippen LogP contribution in [0.4, 0.5) is 8.78 Å². The molecule has 2 saturated carbocycles. The molecule has 5 nitrogen and oxygen atoms in total. The monoisotopic (exact) mass is 416 g/mol. The van der Waals surface area contributed by atoms with Gasteiger partial charge in [0.2, 0.25) is 11.8 Å². The fourth-order valence-electron chi connectivity index (χ4n) is 5.40. The first-order valence-corrected chi connectivity index (χ1v) is 12.0. The molecule has 4 aliphatic rings. The molecule has 1 amide bonds. The van der Waals surface area contributed by atoms with Crippen molar-refractivity contribution in [2.24, 2.45) is 17.6 Å². The third kappa shape index (κ3) is 4.82. The Kier molecular flexibility index (Phi) is 6.50. The van der Waals surface area contributed by atoms with Gasteiger partial charge in [-0.25, -0.2) is 8.78 Å². The maximum Gasteiger partial charge on any atom is 0.248 e. The highest BCUT2D eigenvalue weighted by Crippen LogP contribution is 2.42. The van der Waals surface area contributed by atoms with E-state index >= 15 is 0 Å². The molecule has 2 saturated heterocycles. The van der Waals surface area contributed by atoms with Crippen LogP contribution in [0.25, 0.3) is 0 Å². The van der Waals surface area contributed by atoms with Crippen molar-refractivity contribution < 1.29 is 13.6 Å². The fraction of sp³-hybridized carbons (Fsp3) is 0.950. The van der Waals surface area contributed by atoms with E-state index in [1.54, 1.807) is 11.8 Å². The zero-order chi connectivity index (χ0) is 19.7. The number of nitrogens with two attached hydrogens (primary N) is 1. The normalized spacial score (nSPS) is 38.1. The molecule has 2 aliphatic heterocycles. The van der Waals surface area contributed by atoms with Crippen LogP contribution in [0.1, 0.15) is 51.4 Å². The second kappa shape index (κ2) is 8.74. The number of likely N-dealkylation sites (tertiary alicyclic amines) is 1. The molecule has 0 aromatic heterocycles. The molecule has 4 fully saturated rings. The predicted molar refractivity (Wildman–Crippen MR) is 108 cm³/mol. The van der Waals surface area contributed by atoms with Crippen LogP contribution < -0.4 is 16.4 Å². The van der Waals surface area contributed by atoms with Gasteiger partial charge in [-0.2, -0.15) is 0 Å². The van der Waals surface area contributed by atoms with E-state index in [0.29, 0.717) is 30.9 Å². The quantitative estimate of drug-likeness (QED) is 0.457. The summed E-state index contributed by atoms with van der Waals surface area (Å²) in [6, 6.07) is 0.595. The predicted octanol–water partition coefficient (Wildman–Crippen LogP) is 2.16. The summed E-state index contributed by atoms with van der Waals surface area (Å²) in [5.41, 5.74) is 6.30. The topological polar surface area (TPSA) is 70.4 Å². The summed E-state index contributed by atoms with van der Waals surface area (Å²) in [6.07, 6.45) is 6.86. The SMILES string of the molecule is NC1CCN(C(=O)C2CC3CCCCC3N2)CC1SCNCC1CC(F)(F)C1. The highest BCUT2D eigenvalue weighted by Gasteiger charge is 2.45. The van der Waals surface area contributed by atoms with Gasteiger partial charge in [-0.15, -0.1) is 11.8 Å². The van der Waals surface area contributed by atoms with Gasteiger partial charge >= 0.3 is 0 Å². The average Bonchev–Trinajstić information content (AvgIpc) is 3.08. The van der Waals surface area contributed by atoms with Gasteiger partial charge in [0.25, 0.3) is 0 Å². The number of rotatable bonds is 6. The first-order chi connectivity index (χ1) is 13.4. The lowest BCUT2D eigenvalue weighted by atomic mass is 9.81. The minimum atomic E-state index is -2.45. The van der Waals surface area contributed by atoms with Crippen molar-refractivity contribution >= 4 is 17.7 Å². The lowest BCUT2D eigenvalue weighted by Gasteiger charge is -2.38. The van der Waals surface area contributed by atoms with Crippen LogP contribution >= 0.6 is 11.8 Å². The molecular formula is C20H34F2N4OS. The molecule has 160 valence electrons. The van der Waals surface area contributed by atoms with Crippen molar-refractivity contribution in [2.75, 3.05) is 25.5 Å². The molecular weight excluding hydrogens is 382 g/mol. The van der Waals surface area contributed by atoms with E-state index < -0.39 is 5.92 Å². The van der Waals surface area contributed by atoms with E-state index in [9.17, 15) is 13.6 Å². The molecule has 2 heterocycles. The van der Waals surface area contributed by atoms with Crippen molar-refractivity contribution in [3.05, 3.63) is 0 Å². The van der Waals surface area contributed by atoms with E-state index in [1.807, 2.05) is 4.90 Å². The zero-order valence-corrected chi connectivity index (χ0v) is 17.4. The van der Waals surface area contributed by atoms with Crippen LogP contribution in [-0.2, 0) is 4.79 Å². The highest BCUT2D eigenvalue weighted by atomic mass is 32.2. The second-order valence-electron chi connectivity index (χ2n) is 9.28. The smallest absolute Gasteiger partial charge is 0.248 e. The maximum atomic E-state index is 13.0. The number of nitrogens with one attached hydrogen (secondary N) is 2. The van der Waals surface area contributed by atoms with Crippen LogP contribution in [0.15, 0.2) is 0 Å². The van der Waals surface area contributed by atoms with E-state index in [2.05, 4.69) is 10.6 Å². The molecule has 4 N–H and O–H groups in total. The minimum Gasteiger partial charge on any atom is -0.340 e. The van der Waals surface area contributed by atoms with Crippen molar-refractivity contribution in [1.82, 2.24) is 15.5 Å². The van der Waals surface area contributed by atoms with Gasteiger partial charge in [-0.05, 0) is 44.1 Å². The average molecular weight is 417 g/mol. The molecule has 0 aromatic carbocycles. The fourth-order valence-corrected chi connectivity index (χ4v) is 6.52. The van der Waals surface area contributed by atoms with Crippen molar-refractivity contribution in [1.29, 1.82) is 0 Å². The first-order valence-electron chi connectivity index (χ1n) is 10.9. The second-order valence-corrected chi connectivity index (χ2v) is 10.5. The third-order valence-electron chi connectivity index (χ3n) is 7.09. The van der Waals surface area contributed by atoms with Gasteiger partial charge in [-0.3, -0.25) is 4.79 Å². The zero-order valence-electron chi connectivity index (χ0n) is 16.5.